The summed E-state index contributed by atoms with van der Waals surface area (Å²) in [6, 6.07) is 6.08. The molecule has 1 aliphatic heterocycles. The zero-order valence-corrected chi connectivity index (χ0v) is 15.4. The van der Waals surface area contributed by atoms with Crippen molar-refractivity contribution in [3.8, 4) is 5.75 Å². The van der Waals surface area contributed by atoms with Crippen molar-refractivity contribution in [1.29, 1.82) is 0 Å². The Kier molecular flexibility index (Phi) is 7.53. The van der Waals surface area contributed by atoms with Gasteiger partial charge in [-0.1, -0.05) is 32.9 Å². The average Bonchev–Trinajstić information content (AvgIpc) is 2.47. The summed E-state index contributed by atoms with van der Waals surface area (Å²) in [5.41, 5.74) is 0.633. The first-order valence-corrected chi connectivity index (χ1v) is 8.01. The van der Waals surface area contributed by atoms with Gasteiger partial charge < -0.3 is 10.1 Å². The monoisotopic (exact) mass is 384 g/mol. The number of hydrogen-bond donors (Lipinski definition) is 1. The molecule has 1 aromatic carbocycles. The van der Waals surface area contributed by atoms with Crippen molar-refractivity contribution < 1.29 is 22.3 Å². The molecule has 1 aliphatic rings. The van der Waals surface area contributed by atoms with Gasteiger partial charge in [-0.15, -0.1) is 12.4 Å². The van der Waals surface area contributed by atoms with E-state index in [1.54, 1.807) is 6.07 Å². The van der Waals surface area contributed by atoms with Crippen molar-refractivity contribution in [1.82, 2.24) is 10.2 Å². The van der Waals surface area contributed by atoms with Gasteiger partial charge in [-0.2, -0.15) is 17.6 Å². The van der Waals surface area contributed by atoms with Gasteiger partial charge in [0.05, 0.1) is 0 Å². The lowest BCUT2D eigenvalue weighted by Crippen LogP contribution is -2.48. The van der Waals surface area contributed by atoms with E-state index in [2.05, 4.69) is 35.7 Å². The van der Waals surface area contributed by atoms with Crippen LogP contribution in [0.4, 0.5) is 17.6 Å². The van der Waals surface area contributed by atoms with Crippen molar-refractivity contribution in [2.75, 3.05) is 26.2 Å². The Morgan fingerprint density at radius 1 is 1.12 bits per heavy atom. The molecule has 0 aliphatic carbocycles. The standard InChI is InChI=1S/C17H24F4N2O.ClH/c1-16(2,3)14(23-9-7-22-8-10-23)12-5-4-6-13(11-12)24-17(20,21)15(18)19;/h4-6,11,14-15,22H,7-10H2,1-3H3;1H/t14-;/m1./s1. The number of hydrogen-bond acceptors (Lipinski definition) is 3. The Bertz CT molecular complexity index is 546. The molecule has 1 aromatic rings. The summed E-state index contributed by atoms with van der Waals surface area (Å²) in [5.74, 6) is -0.248. The summed E-state index contributed by atoms with van der Waals surface area (Å²) in [6.07, 6.45) is -8.36. The molecule has 0 bridgehead atoms. The van der Waals surface area contributed by atoms with Crippen LogP contribution in [-0.2, 0) is 0 Å². The molecule has 2 rings (SSSR count). The fourth-order valence-electron chi connectivity index (χ4n) is 3.15. The maximum Gasteiger partial charge on any atom is 0.461 e. The molecule has 0 saturated carbocycles. The molecule has 0 unspecified atom stereocenters. The third-order valence-corrected chi connectivity index (χ3v) is 4.02. The molecule has 1 saturated heterocycles. The molecule has 144 valence electrons. The first-order chi connectivity index (χ1) is 11.1. The highest BCUT2D eigenvalue weighted by Gasteiger charge is 2.44. The lowest BCUT2D eigenvalue weighted by Gasteiger charge is -2.42. The number of ether oxygens (including phenoxy) is 1. The van der Waals surface area contributed by atoms with Gasteiger partial charge in [-0.3, -0.25) is 4.90 Å². The molecule has 0 spiro atoms. The second-order valence-electron chi connectivity index (χ2n) is 7.09. The van der Waals surface area contributed by atoms with Gasteiger partial charge in [0.2, 0.25) is 0 Å². The van der Waals surface area contributed by atoms with Crippen molar-refractivity contribution in [2.24, 2.45) is 5.41 Å². The molecule has 8 heteroatoms. The van der Waals surface area contributed by atoms with Crippen LogP contribution in [0.1, 0.15) is 32.4 Å². The fourth-order valence-corrected chi connectivity index (χ4v) is 3.15. The van der Waals surface area contributed by atoms with Crippen molar-refractivity contribution in [2.45, 2.75) is 39.3 Å². The van der Waals surface area contributed by atoms with E-state index in [1.165, 1.54) is 12.1 Å². The van der Waals surface area contributed by atoms with Gasteiger partial charge in [0, 0.05) is 32.2 Å². The molecular formula is C17H25ClF4N2O. The van der Waals surface area contributed by atoms with Crippen LogP contribution < -0.4 is 10.1 Å². The summed E-state index contributed by atoms with van der Waals surface area (Å²) >= 11 is 0. The highest BCUT2D eigenvalue weighted by Crippen LogP contribution is 2.39. The van der Waals surface area contributed by atoms with Crippen molar-refractivity contribution in [3.05, 3.63) is 29.8 Å². The number of halogens is 5. The molecule has 0 radical (unpaired) electrons. The van der Waals surface area contributed by atoms with E-state index < -0.39 is 12.5 Å². The van der Waals surface area contributed by atoms with Gasteiger partial charge in [0.25, 0.3) is 0 Å². The molecular weight excluding hydrogens is 360 g/mol. The lowest BCUT2D eigenvalue weighted by molar-refractivity contribution is -0.253. The molecule has 3 nitrogen and oxygen atoms in total. The molecule has 0 aromatic heterocycles. The van der Waals surface area contributed by atoms with Gasteiger partial charge in [-0.25, -0.2) is 0 Å². The zero-order chi connectivity index (χ0) is 18.0. The minimum absolute atomic E-state index is 0. The minimum atomic E-state index is -4.50. The van der Waals surface area contributed by atoms with E-state index in [1.807, 2.05) is 6.07 Å². The third-order valence-electron chi connectivity index (χ3n) is 4.02. The Morgan fingerprint density at radius 3 is 2.24 bits per heavy atom. The Morgan fingerprint density at radius 2 is 1.72 bits per heavy atom. The van der Waals surface area contributed by atoms with Crippen LogP contribution in [0.3, 0.4) is 0 Å². The lowest BCUT2D eigenvalue weighted by atomic mass is 9.81. The second kappa shape index (κ2) is 8.56. The summed E-state index contributed by atoms with van der Waals surface area (Å²) < 4.78 is 55.3. The highest BCUT2D eigenvalue weighted by molar-refractivity contribution is 5.85. The van der Waals surface area contributed by atoms with E-state index in [4.69, 9.17) is 0 Å². The summed E-state index contributed by atoms with van der Waals surface area (Å²) in [6.45, 7) is 9.59. The quantitative estimate of drug-likeness (QED) is 0.764. The third kappa shape index (κ3) is 5.72. The average molecular weight is 385 g/mol. The van der Waals surface area contributed by atoms with Crippen LogP contribution in [0.25, 0.3) is 0 Å². The molecule has 1 fully saturated rings. The second-order valence-corrected chi connectivity index (χ2v) is 7.09. The van der Waals surface area contributed by atoms with E-state index in [0.717, 1.165) is 31.7 Å². The van der Waals surface area contributed by atoms with E-state index >= 15 is 0 Å². The maximum atomic E-state index is 13.2. The van der Waals surface area contributed by atoms with Crippen LogP contribution in [0.15, 0.2) is 24.3 Å². The van der Waals surface area contributed by atoms with Crippen LogP contribution in [0, 0.1) is 5.41 Å². The topological polar surface area (TPSA) is 24.5 Å². The number of benzene rings is 1. The largest absolute Gasteiger partial charge is 0.461 e. The smallest absolute Gasteiger partial charge is 0.428 e. The van der Waals surface area contributed by atoms with Gasteiger partial charge in [0.15, 0.2) is 0 Å². The normalized spacial score (nSPS) is 17.9. The first-order valence-electron chi connectivity index (χ1n) is 8.01. The van der Waals surface area contributed by atoms with E-state index in [0.29, 0.717) is 0 Å². The highest BCUT2D eigenvalue weighted by atomic mass is 35.5. The number of alkyl halides is 4. The fraction of sp³-hybridized carbons (Fsp3) is 0.647. The Balaban J connectivity index is 0.00000312. The molecule has 0 amide bonds. The van der Waals surface area contributed by atoms with E-state index in [-0.39, 0.29) is 29.6 Å². The van der Waals surface area contributed by atoms with Crippen LogP contribution in [0.2, 0.25) is 0 Å². The molecule has 1 atom stereocenters. The summed E-state index contributed by atoms with van der Waals surface area (Å²) in [4.78, 5) is 2.28. The zero-order valence-electron chi connectivity index (χ0n) is 14.6. The maximum absolute atomic E-state index is 13.2. The van der Waals surface area contributed by atoms with Gasteiger partial charge >= 0.3 is 12.5 Å². The Labute approximate surface area is 152 Å². The molecule has 1 heterocycles. The number of piperazine rings is 1. The minimum Gasteiger partial charge on any atom is -0.428 e. The first kappa shape index (κ1) is 22.0. The van der Waals surface area contributed by atoms with Gasteiger partial charge in [-0.05, 0) is 23.1 Å². The number of rotatable bonds is 5. The van der Waals surface area contributed by atoms with Crippen LogP contribution in [-0.4, -0.2) is 43.6 Å². The van der Waals surface area contributed by atoms with Crippen molar-refractivity contribution in [3.63, 3.8) is 0 Å². The van der Waals surface area contributed by atoms with Gasteiger partial charge in [0.1, 0.15) is 5.75 Å². The molecule has 1 N–H and O–H groups in total. The predicted octanol–water partition coefficient (Wildman–Crippen LogP) is 4.34. The SMILES string of the molecule is CC(C)(C)[C@@H](c1cccc(OC(F)(F)C(F)F)c1)N1CCNCC1.Cl. The number of nitrogens with zero attached hydrogens (tertiary/aromatic N) is 1. The predicted molar refractivity (Wildman–Crippen MR) is 91.9 cm³/mol. The number of nitrogens with one attached hydrogen (secondary N) is 1. The summed E-state index contributed by atoms with van der Waals surface area (Å²) in [5, 5.41) is 3.28. The summed E-state index contributed by atoms with van der Waals surface area (Å²) in [7, 11) is 0. The van der Waals surface area contributed by atoms with Crippen LogP contribution in [0.5, 0.6) is 5.75 Å². The Hall–Kier alpha value is -1.05. The van der Waals surface area contributed by atoms with E-state index in [9.17, 15) is 17.6 Å². The van der Waals surface area contributed by atoms with Crippen molar-refractivity contribution >= 4 is 12.4 Å². The molecule has 25 heavy (non-hydrogen) atoms. The van der Waals surface area contributed by atoms with Crippen LogP contribution >= 0.6 is 12.4 Å².